The van der Waals surface area contributed by atoms with E-state index in [4.69, 9.17) is 28.4 Å². The second-order valence-electron chi connectivity index (χ2n) is 19.7. The molecule has 2 aliphatic carbocycles. The molecular formula is C50H66N6O17. The molecule has 8 rings (SSSR count). The van der Waals surface area contributed by atoms with Crippen molar-refractivity contribution in [1.29, 1.82) is 0 Å². The van der Waals surface area contributed by atoms with Gasteiger partial charge in [-0.1, -0.05) is 62.4 Å². The first-order valence-corrected chi connectivity index (χ1v) is 25.1. The van der Waals surface area contributed by atoms with Gasteiger partial charge in [0, 0.05) is 60.9 Å². The predicted molar refractivity (Wildman–Crippen MR) is 254 cm³/mol. The minimum absolute atomic E-state index is 0.00799. The number of nitrogens with zero attached hydrogens (tertiary/aromatic N) is 5. The average Bonchev–Trinajstić information content (AvgIpc) is 4.03. The molecule has 0 spiro atoms. The third-order valence-electron chi connectivity index (χ3n) is 14.6. The third kappa shape index (κ3) is 12.9. The molecule has 2 saturated heterocycles. The largest absolute Gasteiger partial charge is 0.479 e. The molecule has 2 aliphatic heterocycles. The maximum Gasteiger partial charge on any atom is 0.338 e. The number of carbonyl (C=O) groups excluding carboxylic acids is 2. The van der Waals surface area contributed by atoms with Crippen LogP contribution >= 0.6 is 0 Å². The highest BCUT2D eigenvalue weighted by molar-refractivity contribution is 5.89. The van der Waals surface area contributed by atoms with Crippen LogP contribution < -0.4 is 5.32 Å². The monoisotopic (exact) mass is 1020 g/mol. The molecule has 1 amide bonds. The van der Waals surface area contributed by atoms with Gasteiger partial charge in [0.1, 0.15) is 36.6 Å². The number of carbonyl (C=O) groups is 3. The average molecular weight is 1020 g/mol. The summed E-state index contributed by atoms with van der Waals surface area (Å²) >= 11 is 0. The fourth-order valence-corrected chi connectivity index (χ4v) is 10.5. The van der Waals surface area contributed by atoms with E-state index in [-0.39, 0.29) is 48.9 Å². The lowest BCUT2D eigenvalue weighted by atomic mass is 9.77. The Morgan fingerprint density at radius 3 is 2.38 bits per heavy atom. The fraction of sp³-hybridized carbons (Fsp3) is 0.620. The number of carboxylic acids is 1. The second kappa shape index (κ2) is 24.3. The van der Waals surface area contributed by atoms with Crippen molar-refractivity contribution in [1.82, 2.24) is 24.9 Å². The van der Waals surface area contributed by atoms with Gasteiger partial charge in [-0.2, -0.15) is 0 Å². The van der Waals surface area contributed by atoms with Crippen molar-refractivity contribution in [3.8, 4) is 0 Å². The molecule has 398 valence electrons. The first kappa shape index (κ1) is 53.8. The zero-order valence-electron chi connectivity index (χ0n) is 40.7. The van der Waals surface area contributed by atoms with E-state index in [9.17, 15) is 55.1 Å². The number of benzene rings is 2. The quantitative estimate of drug-likeness (QED) is 0.0379. The molecular weight excluding hydrogens is 957 g/mol. The van der Waals surface area contributed by atoms with Crippen LogP contribution in [-0.2, 0) is 57.5 Å². The predicted octanol–water partition coefficient (Wildman–Crippen LogP) is 2.26. The number of ether oxygens (including phenoxy) is 6. The van der Waals surface area contributed by atoms with Crippen molar-refractivity contribution < 1.29 is 78.4 Å². The van der Waals surface area contributed by atoms with Gasteiger partial charge in [0.15, 0.2) is 24.8 Å². The van der Waals surface area contributed by atoms with Crippen molar-refractivity contribution in [2.24, 2.45) is 17.8 Å². The third-order valence-corrected chi connectivity index (χ3v) is 14.6. The van der Waals surface area contributed by atoms with Gasteiger partial charge in [0.2, 0.25) is 5.91 Å². The number of esters is 1. The molecule has 15 atom stereocenters. The van der Waals surface area contributed by atoms with Gasteiger partial charge in [0.25, 0.3) is 5.69 Å². The maximum atomic E-state index is 14.1. The summed E-state index contributed by atoms with van der Waals surface area (Å²) in [7, 11) is 0. The Morgan fingerprint density at radius 1 is 0.890 bits per heavy atom. The van der Waals surface area contributed by atoms with Crippen LogP contribution in [0.3, 0.4) is 0 Å². The van der Waals surface area contributed by atoms with Crippen LogP contribution in [0.5, 0.6) is 0 Å². The lowest BCUT2D eigenvalue weighted by Crippen LogP contribution is -2.64. The number of carboxylic acid groups (broad SMARTS) is 1. The fourth-order valence-electron chi connectivity index (χ4n) is 10.5. The molecule has 7 N–H and O–H groups in total. The number of aromatic nitrogens is 4. The number of aliphatic hydroxyl groups is 5. The van der Waals surface area contributed by atoms with Gasteiger partial charge < -0.3 is 68.9 Å². The zero-order chi connectivity index (χ0) is 51.9. The Morgan fingerprint density at radius 2 is 1.66 bits per heavy atom. The summed E-state index contributed by atoms with van der Waals surface area (Å²) in [5.41, 5.74) is 1.57. The number of nitro groups is 1. The van der Waals surface area contributed by atoms with Crippen LogP contribution in [0, 0.1) is 27.9 Å². The Hall–Kier alpha value is -5.47. The summed E-state index contributed by atoms with van der Waals surface area (Å²) in [6.45, 7) is 3.65. The van der Waals surface area contributed by atoms with Crippen molar-refractivity contribution in [3.63, 3.8) is 0 Å². The van der Waals surface area contributed by atoms with Gasteiger partial charge in [0.05, 0.1) is 47.6 Å². The van der Waals surface area contributed by atoms with Crippen LogP contribution in [0.25, 0.3) is 10.9 Å². The van der Waals surface area contributed by atoms with E-state index in [1.54, 1.807) is 42.1 Å². The number of non-ortho nitro benzene ring substituents is 1. The molecule has 0 radical (unpaired) electrons. The van der Waals surface area contributed by atoms with Crippen LogP contribution in [0.4, 0.5) is 5.69 Å². The summed E-state index contributed by atoms with van der Waals surface area (Å²) in [4.78, 5) is 51.6. The molecule has 4 heterocycles. The molecule has 2 aromatic carbocycles. The van der Waals surface area contributed by atoms with Gasteiger partial charge in [-0.25, -0.2) is 9.59 Å². The number of rotatable bonds is 20. The lowest BCUT2D eigenvalue weighted by Gasteiger charge is -2.48. The Kier molecular flexibility index (Phi) is 17.9. The number of hydrogen-bond donors (Lipinski definition) is 7. The van der Waals surface area contributed by atoms with E-state index >= 15 is 0 Å². The van der Waals surface area contributed by atoms with E-state index in [1.807, 2.05) is 16.8 Å². The minimum atomic E-state index is -1.71. The molecule has 73 heavy (non-hydrogen) atoms. The van der Waals surface area contributed by atoms with Crippen molar-refractivity contribution >= 4 is 34.4 Å². The SMILES string of the molecule is CC1CC(C(=O)NCCc2cn(CCn3ccc4cc([N+](=O)[O-])ccc43)nn2)C[C@@H](OC2OC(CO)C(O)C(O[C@@H](CC3CCCCC3)C(=O)O)C2OC(=O)c2ccccc2)C1O[C@@H]1OC(C)C(O)C(O)C1O. The minimum Gasteiger partial charge on any atom is -0.479 e. The van der Waals surface area contributed by atoms with E-state index < -0.39 is 115 Å². The number of fused-ring (bicyclic) bond motifs is 1. The Balaban J connectivity index is 0.998. The first-order chi connectivity index (χ1) is 35.1. The molecule has 4 aromatic rings. The number of nitrogens with one attached hydrogen (secondary N) is 1. The molecule has 4 fully saturated rings. The molecule has 2 saturated carbocycles. The van der Waals surface area contributed by atoms with Crippen molar-refractivity contribution in [2.75, 3.05) is 13.2 Å². The highest BCUT2D eigenvalue weighted by atomic mass is 16.7. The summed E-state index contributed by atoms with van der Waals surface area (Å²) in [5.74, 6) is -3.77. The van der Waals surface area contributed by atoms with Gasteiger partial charge >= 0.3 is 11.9 Å². The summed E-state index contributed by atoms with van der Waals surface area (Å²) < 4.78 is 41.0. The van der Waals surface area contributed by atoms with Crippen molar-refractivity contribution in [2.45, 2.75) is 164 Å². The Labute approximate surface area is 420 Å². The highest BCUT2D eigenvalue weighted by Crippen LogP contribution is 2.39. The maximum absolute atomic E-state index is 14.1. The molecule has 4 aliphatic rings. The molecule has 23 nitrogen and oxygen atoms in total. The Bertz CT molecular complexity index is 2490. The number of aliphatic carboxylic acids is 1. The molecule has 0 bridgehead atoms. The topological polar surface area (TPSA) is 319 Å². The highest BCUT2D eigenvalue weighted by Gasteiger charge is 2.54. The number of aliphatic hydroxyl groups excluding tert-OH is 5. The van der Waals surface area contributed by atoms with E-state index in [0.717, 1.165) is 43.0 Å². The van der Waals surface area contributed by atoms with Crippen LogP contribution in [-0.4, -0.2) is 166 Å². The number of aryl methyl sites for hydroxylation is 2. The summed E-state index contributed by atoms with van der Waals surface area (Å²) in [6, 6.07) is 14.4. The summed E-state index contributed by atoms with van der Waals surface area (Å²) in [6.07, 6.45) is -10.2. The van der Waals surface area contributed by atoms with Crippen LogP contribution in [0.2, 0.25) is 0 Å². The normalized spacial score (nSPS) is 31.4. The van der Waals surface area contributed by atoms with E-state index in [0.29, 0.717) is 25.2 Å². The standard InChI is InChI=1S/C50H66N6O17/c1-27-21-32(46(62)51-17-15-33-25-55(53-52-33)20-19-54-18-16-31-23-34(56(66)67)13-14-35(31)54)24-36(43(27)73-49-42(61)41(60)39(58)28(2)68-49)70-50-45(72-48(65)30-11-7-4-8-12-30)44(40(59)38(26-57)71-50)69-37(47(63)64)22-29-9-5-3-6-10-29/h4,7-8,11-14,16,18,23,25,27-29,32,36-45,49-50,57-61H,3,5-6,9-10,15,17,19-22,24,26H2,1-2H3,(H,51,62)(H,63,64)/t27?,28?,32?,36-,37+,38?,39?,40?,41?,42?,43?,44?,45?,49+,50?/m1/s1. The summed E-state index contributed by atoms with van der Waals surface area (Å²) in [5, 5.41) is 88.4. The second-order valence-corrected chi connectivity index (χ2v) is 19.7. The van der Waals surface area contributed by atoms with Crippen LogP contribution in [0.15, 0.2) is 67.0 Å². The van der Waals surface area contributed by atoms with E-state index in [1.165, 1.54) is 31.2 Å². The van der Waals surface area contributed by atoms with E-state index in [2.05, 4.69) is 15.6 Å². The number of nitro benzene ring substituents is 1. The lowest BCUT2D eigenvalue weighted by molar-refractivity contribution is -0.384. The molecule has 12 unspecified atom stereocenters. The zero-order valence-corrected chi connectivity index (χ0v) is 40.7. The first-order valence-electron chi connectivity index (χ1n) is 25.1. The molecule has 23 heteroatoms. The number of amides is 1. The van der Waals surface area contributed by atoms with Gasteiger partial charge in [-0.05, 0) is 62.3 Å². The van der Waals surface area contributed by atoms with Crippen molar-refractivity contribution in [3.05, 3.63) is 88.4 Å². The number of hydrogen-bond acceptors (Lipinski definition) is 18. The van der Waals surface area contributed by atoms with Crippen LogP contribution in [0.1, 0.15) is 81.3 Å². The molecule has 2 aromatic heterocycles. The van der Waals surface area contributed by atoms with Gasteiger partial charge in [-0.3, -0.25) is 19.6 Å². The smallest absolute Gasteiger partial charge is 0.338 e. The van der Waals surface area contributed by atoms with Gasteiger partial charge in [-0.15, -0.1) is 5.10 Å².